The fourth-order valence-electron chi connectivity index (χ4n) is 7.24. The third-order valence-electron chi connectivity index (χ3n) is 10.2. The second-order valence-corrected chi connectivity index (χ2v) is 13.4. The molecule has 0 bridgehead atoms. The van der Waals surface area contributed by atoms with Gasteiger partial charge in [0.15, 0.2) is 40.6 Å². The molecule has 53 heavy (non-hydrogen) atoms. The summed E-state index contributed by atoms with van der Waals surface area (Å²) in [5, 5.41) is 41.9. The number of aryl methyl sites for hydroxylation is 1. The first-order chi connectivity index (χ1) is 25.6. The minimum absolute atomic E-state index is 0.00127. The van der Waals surface area contributed by atoms with Crippen molar-refractivity contribution in [2.24, 2.45) is 11.8 Å². The molecule has 2 unspecified atom stereocenters. The summed E-state index contributed by atoms with van der Waals surface area (Å²) in [4.78, 5) is 13.1. The number of carbonyl (C=O) groups excluding carboxylic acids is 1. The molecule has 1 fully saturated rings. The number of ether oxygens (including phenoxy) is 7. The maximum atomic E-state index is 13.1. The van der Waals surface area contributed by atoms with Crippen LogP contribution in [0.2, 0.25) is 0 Å². The van der Waals surface area contributed by atoms with Crippen LogP contribution < -0.4 is 28.4 Å². The topological polar surface area (TPSA) is 163 Å². The number of aliphatic hydroxyl groups is 3. The molecule has 2 aliphatic heterocycles. The summed E-state index contributed by atoms with van der Waals surface area (Å²) in [6.45, 7) is 1.49. The number of hydrogen-bond donors (Lipinski definition) is 4. The molecule has 6 atom stereocenters. The second-order valence-electron chi connectivity index (χ2n) is 13.4. The smallest absolute Gasteiger partial charge is 0.309 e. The first kappa shape index (κ1) is 37.6. The zero-order valence-electron chi connectivity index (χ0n) is 30.4. The molecular formula is C41H46O12. The fraction of sp³-hybridized carbons (Fsp3) is 0.390. The Kier molecular flexibility index (Phi) is 11.5. The van der Waals surface area contributed by atoms with E-state index >= 15 is 0 Å². The van der Waals surface area contributed by atoms with E-state index in [4.69, 9.17) is 33.2 Å². The summed E-state index contributed by atoms with van der Waals surface area (Å²) in [5.74, 6) is 1.35. The number of carbonyl (C=O) groups is 1. The molecule has 0 radical (unpaired) electrons. The predicted molar refractivity (Wildman–Crippen MR) is 193 cm³/mol. The zero-order chi connectivity index (χ0) is 37.8. The van der Waals surface area contributed by atoms with Gasteiger partial charge in [0.25, 0.3) is 0 Å². The van der Waals surface area contributed by atoms with Gasteiger partial charge in [0.1, 0.15) is 18.0 Å². The first-order valence-corrected chi connectivity index (χ1v) is 17.4. The predicted octanol–water partition coefficient (Wildman–Crippen LogP) is 4.99. The molecule has 282 valence electrons. The van der Waals surface area contributed by atoms with Crippen LogP contribution in [-0.4, -0.2) is 80.8 Å². The minimum atomic E-state index is -1.14. The highest BCUT2D eigenvalue weighted by molar-refractivity contribution is 5.75. The van der Waals surface area contributed by atoms with Crippen LogP contribution in [-0.2, 0) is 22.4 Å². The van der Waals surface area contributed by atoms with Crippen LogP contribution >= 0.6 is 0 Å². The monoisotopic (exact) mass is 730 g/mol. The van der Waals surface area contributed by atoms with Gasteiger partial charge < -0.3 is 53.6 Å². The van der Waals surface area contributed by atoms with Crippen molar-refractivity contribution in [3.63, 3.8) is 0 Å². The molecule has 4 aromatic carbocycles. The number of phenols is 1. The summed E-state index contributed by atoms with van der Waals surface area (Å²) in [7, 11) is 6.08. The highest BCUT2D eigenvalue weighted by atomic mass is 16.5. The van der Waals surface area contributed by atoms with E-state index in [2.05, 4.69) is 0 Å². The molecule has 2 heterocycles. The average molecular weight is 731 g/mol. The highest BCUT2D eigenvalue weighted by Gasteiger charge is 2.40. The van der Waals surface area contributed by atoms with Gasteiger partial charge in [0.2, 0.25) is 0 Å². The number of hydrogen-bond acceptors (Lipinski definition) is 12. The number of methoxy groups -OCH3 is 4. The average Bonchev–Trinajstić information content (AvgIpc) is 3.72. The van der Waals surface area contributed by atoms with E-state index in [0.717, 1.165) is 27.8 Å². The van der Waals surface area contributed by atoms with Crippen molar-refractivity contribution >= 4 is 5.97 Å². The Bertz CT molecular complexity index is 1930. The van der Waals surface area contributed by atoms with Crippen LogP contribution in [0.5, 0.6) is 40.2 Å². The van der Waals surface area contributed by atoms with Gasteiger partial charge in [0, 0.05) is 11.5 Å². The van der Waals surface area contributed by atoms with E-state index in [1.165, 1.54) is 20.3 Å². The number of benzene rings is 4. The molecule has 4 aromatic rings. The quantitative estimate of drug-likeness (QED) is 0.122. The molecule has 0 amide bonds. The van der Waals surface area contributed by atoms with Crippen LogP contribution in [0.1, 0.15) is 51.5 Å². The van der Waals surface area contributed by atoms with E-state index in [9.17, 15) is 25.2 Å². The SMILES string of the molecule is COc1cc(C(O)C(CO)Oc2ccc(C[C@H]3COC(=O)[C@@H]3Cc3cc(OC)c4c(c3)[C@H](CO)[C@@H](c3ccc(O)c(OC)c3)O4)cc2OC)ccc1C. The molecule has 6 rings (SSSR count). The van der Waals surface area contributed by atoms with Crippen molar-refractivity contribution < 1.29 is 58.4 Å². The summed E-state index contributed by atoms with van der Waals surface area (Å²) < 4.78 is 40.1. The van der Waals surface area contributed by atoms with Gasteiger partial charge in [-0.25, -0.2) is 0 Å². The molecule has 12 heteroatoms. The highest BCUT2D eigenvalue weighted by Crippen LogP contribution is 2.52. The third kappa shape index (κ3) is 7.66. The maximum Gasteiger partial charge on any atom is 0.309 e. The summed E-state index contributed by atoms with van der Waals surface area (Å²) in [5.41, 5.74) is 4.66. The first-order valence-electron chi connectivity index (χ1n) is 17.4. The molecule has 0 spiro atoms. The van der Waals surface area contributed by atoms with Crippen LogP contribution in [0.25, 0.3) is 0 Å². The number of aromatic hydroxyl groups is 1. The van der Waals surface area contributed by atoms with Crippen molar-refractivity contribution in [2.45, 2.75) is 44.0 Å². The molecule has 12 nitrogen and oxygen atoms in total. The maximum absolute atomic E-state index is 13.1. The Morgan fingerprint density at radius 1 is 0.774 bits per heavy atom. The van der Waals surface area contributed by atoms with Gasteiger partial charge in [-0.1, -0.05) is 30.3 Å². The number of aliphatic hydroxyl groups excluding tert-OH is 3. The minimum Gasteiger partial charge on any atom is -0.504 e. The summed E-state index contributed by atoms with van der Waals surface area (Å²) in [6, 6.07) is 19.5. The normalized spacial score (nSPS) is 20.2. The van der Waals surface area contributed by atoms with Crippen LogP contribution in [0, 0.1) is 18.8 Å². The Hall–Kier alpha value is -5.17. The summed E-state index contributed by atoms with van der Waals surface area (Å²) in [6.07, 6.45) is -1.78. The third-order valence-corrected chi connectivity index (χ3v) is 10.2. The van der Waals surface area contributed by atoms with Gasteiger partial charge in [-0.2, -0.15) is 0 Å². The number of cyclic esters (lactones) is 1. The van der Waals surface area contributed by atoms with Crippen molar-refractivity contribution in [1.82, 2.24) is 0 Å². The molecular weight excluding hydrogens is 684 g/mol. The largest absolute Gasteiger partial charge is 0.504 e. The Balaban J connectivity index is 1.19. The number of phenolic OH excluding ortho intramolecular Hbond substituents is 1. The Morgan fingerprint density at radius 3 is 2.21 bits per heavy atom. The number of rotatable bonds is 15. The van der Waals surface area contributed by atoms with E-state index in [-0.39, 0.29) is 30.9 Å². The van der Waals surface area contributed by atoms with E-state index in [0.29, 0.717) is 52.9 Å². The lowest BCUT2D eigenvalue weighted by Gasteiger charge is -2.24. The van der Waals surface area contributed by atoms with E-state index < -0.39 is 36.8 Å². The summed E-state index contributed by atoms with van der Waals surface area (Å²) >= 11 is 0. The van der Waals surface area contributed by atoms with Crippen LogP contribution in [0.15, 0.2) is 66.7 Å². The van der Waals surface area contributed by atoms with Crippen molar-refractivity contribution in [1.29, 1.82) is 0 Å². The van der Waals surface area contributed by atoms with Crippen molar-refractivity contribution in [2.75, 3.05) is 48.3 Å². The van der Waals surface area contributed by atoms with Crippen LogP contribution in [0.3, 0.4) is 0 Å². The fourth-order valence-corrected chi connectivity index (χ4v) is 7.24. The molecule has 4 N–H and O–H groups in total. The van der Waals surface area contributed by atoms with Gasteiger partial charge in [-0.05, 0) is 84.0 Å². The van der Waals surface area contributed by atoms with Gasteiger partial charge in [0.05, 0.1) is 60.1 Å². The molecule has 0 aliphatic carbocycles. The Morgan fingerprint density at radius 2 is 1.51 bits per heavy atom. The van der Waals surface area contributed by atoms with Crippen molar-refractivity contribution in [3.05, 3.63) is 100 Å². The lowest BCUT2D eigenvalue weighted by molar-refractivity contribution is -0.141. The van der Waals surface area contributed by atoms with Crippen LogP contribution in [0.4, 0.5) is 0 Å². The molecule has 1 saturated heterocycles. The number of esters is 1. The van der Waals surface area contributed by atoms with Gasteiger partial charge in [-0.15, -0.1) is 0 Å². The standard InChI is InChI=1S/C41H46O12/c1-22-6-8-25(17-33(22)47-2)38(45)37(20-43)52-32-11-7-23(15-35(32)49-4)12-27-21-51-41(46)28(27)13-24-14-29-30(19-42)39(53-40(29)36(16-24)50-5)26-9-10-31(44)34(18-26)48-3/h6-11,14-18,27-28,30,37-39,42-45H,12-13,19-21H2,1-5H3/t27-,28+,30-,37?,38?,39+/m0/s1. The van der Waals surface area contributed by atoms with E-state index in [1.54, 1.807) is 44.6 Å². The molecule has 2 aliphatic rings. The van der Waals surface area contributed by atoms with Gasteiger partial charge >= 0.3 is 5.97 Å². The van der Waals surface area contributed by atoms with E-state index in [1.807, 2.05) is 37.3 Å². The van der Waals surface area contributed by atoms with Gasteiger partial charge in [-0.3, -0.25) is 4.79 Å². The second kappa shape index (κ2) is 16.2. The molecule has 0 aromatic heterocycles. The van der Waals surface area contributed by atoms with Crippen molar-refractivity contribution in [3.8, 4) is 40.2 Å². The lowest BCUT2D eigenvalue weighted by atomic mass is 9.83. The number of fused-ring (bicyclic) bond motifs is 1. The lowest BCUT2D eigenvalue weighted by Crippen LogP contribution is -2.29. The Labute approximate surface area is 308 Å². The zero-order valence-corrected chi connectivity index (χ0v) is 30.4. The molecule has 0 saturated carbocycles.